The second kappa shape index (κ2) is 4.96. The largest absolute Gasteiger partial charge is 0.384 e. The fraction of sp³-hybridized carbons (Fsp3) is 0.417. The summed E-state index contributed by atoms with van der Waals surface area (Å²) in [6.45, 7) is 2.12. The number of anilines is 1. The van der Waals surface area contributed by atoms with Crippen LogP contribution in [0.25, 0.3) is 0 Å². The highest BCUT2D eigenvalue weighted by Crippen LogP contribution is 2.25. The monoisotopic (exact) mass is 266 g/mol. The van der Waals surface area contributed by atoms with Crippen LogP contribution in [0.15, 0.2) is 18.3 Å². The van der Waals surface area contributed by atoms with Crippen LogP contribution in [0.5, 0.6) is 0 Å². The van der Waals surface area contributed by atoms with Gasteiger partial charge < -0.3 is 5.11 Å². The molecule has 1 aromatic heterocycles. The first-order valence-electron chi connectivity index (χ1n) is 5.59. The fourth-order valence-electron chi connectivity index (χ4n) is 1.91. The number of rotatable bonds is 1. The van der Waals surface area contributed by atoms with E-state index < -0.39 is 10.0 Å². The normalized spacial score (nSPS) is 21.4. The molecule has 18 heavy (non-hydrogen) atoms. The highest BCUT2D eigenvalue weighted by molar-refractivity contribution is 7.93. The summed E-state index contributed by atoms with van der Waals surface area (Å²) < 4.78 is 25.1. The van der Waals surface area contributed by atoms with Gasteiger partial charge in [-0.2, -0.15) is 0 Å². The van der Waals surface area contributed by atoms with Crippen LogP contribution >= 0.6 is 0 Å². The first-order chi connectivity index (χ1) is 8.53. The minimum absolute atomic E-state index is 0.101. The summed E-state index contributed by atoms with van der Waals surface area (Å²) in [5.74, 6) is 5.90. The van der Waals surface area contributed by atoms with Gasteiger partial charge in [-0.05, 0) is 18.1 Å². The minimum atomic E-state index is -3.25. The van der Waals surface area contributed by atoms with Gasteiger partial charge in [-0.1, -0.05) is 18.8 Å². The van der Waals surface area contributed by atoms with E-state index in [-0.39, 0.29) is 18.3 Å². The zero-order valence-electron chi connectivity index (χ0n) is 10.00. The van der Waals surface area contributed by atoms with Crippen molar-refractivity contribution >= 4 is 15.8 Å². The number of pyridine rings is 1. The van der Waals surface area contributed by atoms with E-state index in [1.807, 2.05) is 6.92 Å². The Morgan fingerprint density at radius 3 is 3.00 bits per heavy atom. The Bertz CT molecular complexity index is 601. The zero-order valence-corrected chi connectivity index (χ0v) is 10.8. The fourth-order valence-corrected chi connectivity index (χ4v) is 3.78. The molecule has 1 fully saturated rings. The summed E-state index contributed by atoms with van der Waals surface area (Å²) in [6.07, 6.45) is 1.52. The highest BCUT2D eigenvalue weighted by atomic mass is 32.2. The maximum Gasteiger partial charge on any atom is 0.236 e. The highest BCUT2D eigenvalue weighted by Gasteiger charge is 2.34. The van der Waals surface area contributed by atoms with Crippen LogP contribution in [-0.2, 0) is 10.0 Å². The number of nitrogens with zero attached hydrogens (tertiary/aromatic N) is 2. The molecule has 96 valence electrons. The van der Waals surface area contributed by atoms with Crippen molar-refractivity contribution in [1.82, 2.24) is 4.98 Å². The van der Waals surface area contributed by atoms with E-state index >= 15 is 0 Å². The molecule has 0 saturated carbocycles. The lowest BCUT2D eigenvalue weighted by Gasteiger charge is -2.15. The van der Waals surface area contributed by atoms with Crippen molar-refractivity contribution in [2.24, 2.45) is 5.92 Å². The van der Waals surface area contributed by atoms with Crippen LogP contribution in [0.2, 0.25) is 0 Å². The van der Waals surface area contributed by atoms with Crippen LogP contribution < -0.4 is 4.31 Å². The van der Waals surface area contributed by atoms with Gasteiger partial charge in [-0.25, -0.2) is 13.4 Å². The lowest BCUT2D eigenvalue weighted by Crippen LogP contribution is -2.26. The molecule has 1 aromatic rings. The summed E-state index contributed by atoms with van der Waals surface area (Å²) in [5, 5.41) is 8.63. The Labute approximate surface area is 107 Å². The zero-order chi connectivity index (χ0) is 13.2. The third kappa shape index (κ3) is 2.63. The Morgan fingerprint density at radius 2 is 2.39 bits per heavy atom. The number of aliphatic hydroxyl groups is 1. The molecule has 1 saturated heterocycles. The van der Waals surface area contributed by atoms with Crippen molar-refractivity contribution in [3.63, 3.8) is 0 Å². The molecule has 0 spiro atoms. The van der Waals surface area contributed by atoms with Crippen molar-refractivity contribution in [2.75, 3.05) is 23.2 Å². The molecule has 1 aliphatic heterocycles. The van der Waals surface area contributed by atoms with E-state index in [9.17, 15) is 8.42 Å². The third-order valence-corrected chi connectivity index (χ3v) is 4.62. The molecular weight excluding hydrogens is 252 g/mol. The van der Waals surface area contributed by atoms with Gasteiger partial charge in [0, 0.05) is 18.3 Å². The number of aromatic nitrogens is 1. The molecule has 0 bridgehead atoms. The lowest BCUT2D eigenvalue weighted by molar-refractivity contribution is 0.350. The van der Waals surface area contributed by atoms with Crippen molar-refractivity contribution < 1.29 is 13.5 Å². The standard InChI is InChI=1S/C12H14N2O3S/c1-10-8-14(18(16,17)9-10)12-7-11(3-2-6-15)4-5-13-12/h4-5,7,10,15H,6,8-9H2,1H3. The number of aliphatic hydroxyl groups excluding tert-OH is 1. The van der Waals surface area contributed by atoms with E-state index in [4.69, 9.17) is 5.11 Å². The SMILES string of the molecule is CC1CN(c2cc(C#CCO)ccn2)S(=O)(=O)C1. The molecule has 1 unspecified atom stereocenters. The first-order valence-corrected chi connectivity index (χ1v) is 7.20. The summed E-state index contributed by atoms with van der Waals surface area (Å²) in [4.78, 5) is 4.08. The molecule has 0 aliphatic carbocycles. The summed E-state index contributed by atoms with van der Waals surface area (Å²) >= 11 is 0. The van der Waals surface area contributed by atoms with Crippen LogP contribution in [0, 0.1) is 17.8 Å². The number of hydrogen-bond donors (Lipinski definition) is 1. The molecule has 0 amide bonds. The molecule has 2 heterocycles. The Balaban J connectivity index is 2.34. The van der Waals surface area contributed by atoms with Crippen LogP contribution in [-0.4, -0.2) is 37.4 Å². The molecule has 6 heteroatoms. The molecule has 1 aliphatic rings. The van der Waals surface area contributed by atoms with Crippen LogP contribution in [0.4, 0.5) is 5.82 Å². The summed E-state index contributed by atoms with van der Waals surface area (Å²) in [7, 11) is -3.25. The minimum Gasteiger partial charge on any atom is -0.384 e. The molecule has 1 N–H and O–H groups in total. The van der Waals surface area contributed by atoms with Gasteiger partial charge >= 0.3 is 0 Å². The van der Waals surface area contributed by atoms with Crippen molar-refractivity contribution in [2.45, 2.75) is 6.92 Å². The number of sulfonamides is 1. The Hall–Kier alpha value is -1.58. The molecular formula is C12H14N2O3S. The van der Waals surface area contributed by atoms with Gasteiger partial charge in [0.15, 0.2) is 0 Å². The van der Waals surface area contributed by atoms with E-state index in [0.717, 1.165) is 0 Å². The van der Waals surface area contributed by atoms with Crippen LogP contribution in [0.3, 0.4) is 0 Å². The van der Waals surface area contributed by atoms with Gasteiger partial charge in [0.25, 0.3) is 0 Å². The maximum atomic E-state index is 11.9. The number of hydrogen-bond acceptors (Lipinski definition) is 4. The second-order valence-corrected chi connectivity index (χ2v) is 6.22. The van der Waals surface area contributed by atoms with Gasteiger partial charge in [0.05, 0.1) is 5.75 Å². The Morgan fingerprint density at radius 1 is 1.61 bits per heavy atom. The van der Waals surface area contributed by atoms with Crippen LogP contribution in [0.1, 0.15) is 12.5 Å². The second-order valence-electron chi connectivity index (χ2n) is 4.28. The molecule has 0 radical (unpaired) electrons. The molecule has 0 aromatic carbocycles. The molecule has 2 rings (SSSR count). The third-order valence-electron chi connectivity index (χ3n) is 2.62. The molecule has 1 atom stereocenters. The Kier molecular flexibility index (Phi) is 3.55. The maximum absolute atomic E-state index is 11.9. The quantitative estimate of drug-likeness (QED) is 0.738. The smallest absolute Gasteiger partial charge is 0.236 e. The van der Waals surface area contributed by atoms with Crippen molar-refractivity contribution in [3.8, 4) is 11.8 Å². The van der Waals surface area contributed by atoms with Crippen molar-refractivity contribution in [3.05, 3.63) is 23.9 Å². The van der Waals surface area contributed by atoms with Gasteiger partial charge in [-0.3, -0.25) is 4.31 Å². The lowest BCUT2D eigenvalue weighted by atomic mass is 10.2. The predicted molar refractivity (Wildman–Crippen MR) is 68.5 cm³/mol. The van der Waals surface area contributed by atoms with Gasteiger partial charge in [0.2, 0.25) is 10.0 Å². The van der Waals surface area contributed by atoms with Gasteiger partial charge in [0.1, 0.15) is 12.4 Å². The average molecular weight is 266 g/mol. The summed E-state index contributed by atoms with van der Waals surface area (Å²) in [5.41, 5.74) is 0.642. The first kappa shape index (κ1) is 12.9. The summed E-state index contributed by atoms with van der Waals surface area (Å²) in [6, 6.07) is 3.30. The average Bonchev–Trinajstić information content (AvgIpc) is 2.60. The molecule has 5 nitrogen and oxygen atoms in total. The predicted octanol–water partition coefficient (Wildman–Crippen LogP) is 0.211. The van der Waals surface area contributed by atoms with Gasteiger partial charge in [-0.15, -0.1) is 0 Å². The van der Waals surface area contributed by atoms with E-state index in [2.05, 4.69) is 16.8 Å². The van der Waals surface area contributed by atoms with E-state index in [0.29, 0.717) is 17.9 Å². The van der Waals surface area contributed by atoms with Crippen molar-refractivity contribution in [1.29, 1.82) is 0 Å². The van der Waals surface area contributed by atoms with E-state index in [1.54, 1.807) is 12.1 Å². The van der Waals surface area contributed by atoms with E-state index in [1.165, 1.54) is 10.5 Å². The topological polar surface area (TPSA) is 70.5 Å².